The molecule has 2 heterocycles. The summed E-state index contributed by atoms with van der Waals surface area (Å²) in [5, 5.41) is 0. The second-order valence-corrected chi connectivity index (χ2v) is 8.60. The summed E-state index contributed by atoms with van der Waals surface area (Å²) >= 11 is 0. The fraction of sp³-hybridized carbons (Fsp3) is 0.320. The Morgan fingerprint density at radius 1 is 1.09 bits per heavy atom. The SMILES string of the molecule is Cc1nc(N)c2[nH]c(=O)n(Cc3cccc(Oc4cccc(CCC5CCC5)c4)c3)c2n1. The highest BCUT2D eigenvalue weighted by Crippen LogP contribution is 2.31. The van der Waals surface area contributed by atoms with Crippen LogP contribution in [0.15, 0.2) is 53.3 Å². The highest BCUT2D eigenvalue weighted by molar-refractivity contribution is 5.81. The summed E-state index contributed by atoms with van der Waals surface area (Å²) in [7, 11) is 0. The molecule has 2 aromatic carbocycles. The number of nitrogen functional groups attached to an aromatic ring is 1. The van der Waals surface area contributed by atoms with Crippen LogP contribution >= 0.6 is 0 Å². The van der Waals surface area contributed by atoms with Crippen LogP contribution in [-0.2, 0) is 13.0 Å². The molecule has 4 aromatic rings. The van der Waals surface area contributed by atoms with Gasteiger partial charge in [-0.15, -0.1) is 0 Å². The summed E-state index contributed by atoms with van der Waals surface area (Å²) in [5.41, 5.74) is 8.89. The second-order valence-electron chi connectivity index (χ2n) is 8.60. The van der Waals surface area contributed by atoms with Crippen LogP contribution < -0.4 is 16.2 Å². The first-order valence-corrected chi connectivity index (χ1v) is 11.1. The number of benzene rings is 2. The smallest absolute Gasteiger partial charge is 0.328 e. The molecule has 1 saturated carbocycles. The van der Waals surface area contributed by atoms with Crippen molar-refractivity contribution in [3.8, 4) is 11.5 Å². The van der Waals surface area contributed by atoms with Crippen molar-refractivity contribution in [2.24, 2.45) is 5.92 Å². The van der Waals surface area contributed by atoms with E-state index in [1.807, 2.05) is 36.4 Å². The number of fused-ring (bicyclic) bond motifs is 1. The zero-order valence-corrected chi connectivity index (χ0v) is 18.2. The molecule has 0 unspecified atom stereocenters. The van der Waals surface area contributed by atoms with Crippen molar-refractivity contribution in [3.05, 3.63) is 76.0 Å². The molecule has 2 aromatic heterocycles. The van der Waals surface area contributed by atoms with E-state index in [0.29, 0.717) is 23.5 Å². The maximum atomic E-state index is 12.5. The molecule has 32 heavy (non-hydrogen) atoms. The molecule has 0 radical (unpaired) electrons. The Hall–Kier alpha value is -3.61. The van der Waals surface area contributed by atoms with Gasteiger partial charge in [0.05, 0.1) is 6.54 Å². The minimum atomic E-state index is -0.267. The Balaban J connectivity index is 1.34. The van der Waals surface area contributed by atoms with Gasteiger partial charge in [-0.25, -0.2) is 14.8 Å². The van der Waals surface area contributed by atoms with Crippen LogP contribution in [0.2, 0.25) is 0 Å². The van der Waals surface area contributed by atoms with Gasteiger partial charge in [0.25, 0.3) is 0 Å². The van der Waals surface area contributed by atoms with Crippen LogP contribution in [0.5, 0.6) is 11.5 Å². The lowest BCUT2D eigenvalue weighted by molar-refractivity contribution is 0.296. The van der Waals surface area contributed by atoms with Crippen LogP contribution in [0.4, 0.5) is 5.82 Å². The van der Waals surface area contributed by atoms with E-state index in [1.54, 1.807) is 11.5 Å². The van der Waals surface area contributed by atoms with Crippen molar-refractivity contribution in [1.82, 2.24) is 19.5 Å². The third-order valence-electron chi connectivity index (χ3n) is 6.20. The molecule has 1 aliphatic rings. The zero-order valence-electron chi connectivity index (χ0n) is 18.2. The number of anilines is 1. The lowest BCUT2D eigenvalue weighted by Gasteiger charge is -2.25. The first kappa shape index (κ1) is 20.3. The largest absolute Gasteiger partial charge is 0.457 e. The first-order valence-electron chi connectivity index (χ1n) is 11.1. The predicted octanol–water partition coefficient (Wildman–Crippen LogP) is 4.58. The van der Waals surface area contributed by atoms with Gasteiger partial charge in [0.1, 0.15) is 22.8 Å². The Labute approximate surface area is 186 Å². The molecule has 0 bridgehead atoms. The van der Waals surface area contributed by atoms with E-state index in [2.05, 4.69) is 27.1 Å². The van der Waals surface area contributed by atoms with Crippen molar-refractivity contribution in [3.63, 3.8) is 0 Å². The molecule has 0 saturated heterocycles. The van der Waals surface area contributed by atoms with Gasteiger partial charge < -0.3 is 15.5 Å². The number of rotatable bonds is 7. The molecule has 7 heteroatoms. The van der Waals surface area contributed by atoms with E-state index in [4.69, 9.17) is 10.5 Å². The molecule has 0 atom stereocenters. The maximum Gasteiger partial charge on any atom is 0.328 e. The van der Waals surface area contributed by atoms with E-state index in [9.17, 15) is 4.79 Å². The third kappa shape index (κ3) is 4.23. The lowest BCUT2D eigenvalue weighted by atomic mass is 9.81. The van der Waals surface area contributed by atoms with Crippen molar-refractivity contribution >= 4 is 17.0 Å². The lowest BCUT2D eigenvalue weighted by Crippen LogP contribution is -2.17. The molecule has 0 aliphatic heterocycles. The highest BCUT2D eigenvalue weighted by atomic mass is 16.5. The van der Waals surface area contributed by atoms with Crippen LogP contribution in [0, 0.1) is 12.8 Å². The first-order chi connectivity index (χ1) is 15.5. The fourth-order valence-electron chi connectivity index (χ4n) is 4.25. The van der Waals surface area contributed by atoms with Gasteiger partial charge in [-0.2, -0.15) is 0 Å². The minimum Gasteiger partial charge on any atom is -0.457 e. The van der Waals surface area contributed by atoms with Gasteiger partial charge in [-0.1, -0.05) is 43.5 Å². The molecule has 7 nitrogen and oxygen atoms in total. The van der Waals surface area contributed by atoms with Crippen LogP contribution in [0.25, 0.3) is 11.2 Å². The molecule has 1 fully saturated rings. The average Bonchev–Trinajstić information content (AvgIpc) is 3.03. The zero-order chi connectivity index (χ0) is 22.1. The molecule has 0 spiro atoms. The number of hydrogen-bond donors (Lipinski definition) is 2. The Morgan fingerprint density at radius 3 is 2.53 bits per heavy atom. The number of nitrogens with two attached hydrogens (primary N) is 1. The normalized spacial score (nSPS) is 13.9. The van der Waals surface area contributed by atoms with Gasteiger partial charge in [0.15, 0.2) is 11.5 Å². The van der Waals surface area contributed by atoms with Crippen molar-refractivity contribution in [2.75, 3.05) is 5.73 Å². The predicted molar refractivity (Wildman–Crippen MR) is 125 cm³/mol. The van der Waals surface area contributed by atoms with E-state index >= 15 is 0 Å². The second kappa shape index (κ2) is 8.49. The Kier molecular flexibility index (Phi) is 5.39. The summed E-state index contributed by atoms with van der Waals surface area (Å²) in [5.74, 6) is 3.26. The van der Waals surface area contributed by atoms with Crippen LogP contribution in [0.3, 0.4) is 0 Å². The maximum absolute atomic E-state index is 12.5. The van der Waals surface area contributed by atoms with Gasteiger partial charge in [-0.3, -0.25) is 4.57 Å². The van der Waals surface area contributed by atoms with E-state index < -0.39 is 0 Å². The highest BCUT2D eigenvalue weighted by Gasteiger charge is 2.17. The number of aryl methyl sites for hydroxylation is 2. The molecular formula is C25H27N5O2. The standard InChI is InChI=1S/C25H27N5O2/c1-16-27-23(26)22-24(28-16)30(25(31)29-22)15-19-8-4-10-21(14-19)32-20-9-3-7-18(13-20)12-11-17-5-2-6-17/h3-4,7-10,13-14,17H,2,5-6,11-12,15H2,1H3,(H,29,31)(H2,26,27,28). The Morgan fingerprint density at radius 2 is 1.81 bits per heavy atom. The van der Waals surface area contributed by atoms with Crippen molar-refractivity contribution in [2.45, 2.75) is 45.6 Å². The van der Waals surface area contributed by atoms with Gasteiger partial charge in [0, 0.05) is 0 Å². The number of aromatic nitrogens is 4. The van der Waals surface area contributed by atoms with Crippen LogP contribution in [0.1, 0.15) is 42.6 Å². The van der Waals surface area contributed by atoms with E-state index in [-0.39, 0.29) is 11.5 Å². The van der Waals surface area contributed by atoms with Crippen molar-refractivity contribution in [1.29, 1.82) is 0 Å². The average molecular weight is 430 g/mol. The molecular weight excluding hydrogens is 402 g/mol. The summed E-state index contributed by atoms with van der Waals surface area (Å²) in [6.45, 7) is 2.11. The monoisotopic (exact) mass is 429 g/mol. The molecule has 164 valence electrons. The summed E-state index contributed by atoms with van der Waals surface area (Å²) in [4.78, 5) is 23.8. The van der Waals surface area contributed by atoms with E-state index in [0.717, 1.165) is 29.4 Å². The number of hydrogen-bond acceptors (Lipinski definition) is 5. The van der Waals surface area contributed by atoms with Gasteiger partial charge in [-0.05, 0) is 61.1 Å². The van der Waals surface area contributed by atoms with Crippen LogP contribution in [-0.4, -0.2) is 19.5 Å². The van der Waals surface area contributed by atoms with Gasteiger partial charge >= 0.3 is 5.69 Å². The number of aromatic amines is 1. The number of imidazole rings is 1. The third-order valence-corrected chi connectivity index (χ3v) is 6.20. The van der Waals surface area contributed by atoms with Gasteiger partial charge in [0.2, 0.25) is 0 Å². The topological polar surface area (TPSA) is 98.8 Å². The number of nitrogens with one attached hydrogen (secondary N) is 1. The molecule has 0 amide bonds. The minimum absolute atomic E-state index is 0.267. The summed E-state index contributed by atoms with van der Waals surface area (Å²) < 4.78 is 7.71. The fourth-order valence-corrected chi connectivity index (χ4v) is 4.25. The Bertz CT molecular complexity index is 1320. The van der Waals surface area contributed by atoms with E-state index in [1.165, 1.54) is 31.2 Å². The molecule has 5 rings (SSSR count). The quantitative estimate of drug-likeness (QED) is 0.448. The molecule has 1 aliphatic carbocycles. The summed E-state index contributed by atoms with van der Waals surface area (Å²) in [6, 6.07) is 16.1. The molecule has 3 N–H and O–H groups in total. The van der Waals surface area contributed by atoms with Crippen molar-refractivity contribution < 1.29 is 4.74 Å². The summed E-state index contributed by atoms with van der Waals surface area (Å²) in [6.07, 6.45) is 6.48. The number of ether oxygens (including phenoxy) is 1. The number of H-pyrrole nitrogens is 1. The number of nitrogens with zero attached hydrogens (tertiary/aromatic N) is 3.